The summed E-state index contributed by atoms with van der Waals surface area (Å²) in [5.74, 6) is -0.237. The maximum absolute atomic E-state index is 13.2. The van der Waals surface area contributed by atoms with Crippen molar-refractivity contribution in [2.24, 2.45) is 5.73 Å². The first-order chi connectivity index (χ1) is 16.8. The molecule has 0 spiro atoms. The Hall–Kier alpha value is -3.63. The van der Waals surface area contributed by atoms with Crippen LogP contribution in [0.25, 0.3) is 10.8 Å². The van der Waals surface area contributed by atoms with Gasteiger partial charge in [0.15, 0.2) is 6.10 Å². The molecule has 0 radical (unpaired) electrons. The molecular weight excluding hydrogens is 468 g/mol. The lowest BCUT2D eigenvalue weighted by Crippen LogP contribution is -2.54. The third-order valence-corrected chi connectivity index (χ3v) is 8.35. The minimum Gasteiger partial charge on any atom is -0.477 e. The Kier molecular flexibility index (Phi) is 6.08. The number of nitrogens with two attached hydrogens (primary N) is 1. The van der Waals surface area contributed by atoms with Gasteiger partial charge in [-0.2, -0.15) is 4.31 Å². The average molecular weight is 495 g/mol. The molecule has 10 heteroatoms. The molecule has 3 aromatic carbocycles. The Morgan fingerprint density at radius 2 is 1.60 bits per heavy atom. The maximum atomic E-state index is 13.2. The molecule has 1 atom stereocenters. The van der Waals surface area contributed by atoms with Gasteiger partial charge >= 0.3 is 0 Å². The molecule has 2 heterocycles. The van der Waals surface area contributed by atoms with Crippen LogP contribution in [-0.4, -0.2) is 74.8 Å². The number of carbonyl (C=O) groups excluding carboxylic acids is 2. The van der Waals surface area contributed by atoms with E-state index < -0.39 is 22.0 Å². The molecule has 182 valence electrons. The van der Waals surface area contributed by atoms with Crippen molar-refractivity contribution in [3.05, 3.63) is 66.7 Å². The van der Waals surface area contributed by atoms with Crippen LogP contribution in [0.3, 0.4) is 0 Å². The third-order valence-electron chi connectivity index (χ3n) is 6.45. The number of ether oxygens (including phenoxy) is 1. The molecule has 1 fully saturated rings. The van der Waals surface area contributed by atoms with E-state index in [0.29, 0.717) is 5.75 Å². The minimum atomic E-state index is -3.67. The summed E-state index contributed by atoms with van der Waals surface area (Å²) >= 11 is 0. The van der Waals surface area contributed by atoms with E-state index in [1.165, 1.54) is 4.31 Å². The monoisotopic (exact) mass is 494 g/mol. The minimum absolute atomic E-state index is 0.0432. The first kappa shape index (κ1) is 23.1. The highest BCUT2D eigenvalue weighted by Gasteiger charge is 2.33. The van der Waals surface area contributed by atoms with E-state index >= 15 is 0 Å². The summed E-state index contributed by atoms with van der Waals surface area (Å²) in [6.45, 7) is 1.22. The number of benzene rings is 3. The second kappa shape index (κ2) is 9.20. The molecule has 2 N–H and O–H groups in total. The van der Waals surface area contributed by atoms with Crippen LogP contribution in [0.15, 0.2) is 71.6 Å². The number of rotatable bonds is 5. The standard InChI is InChI=1S/C25H26N4O5S/c26-25(31)23-16-28(21-7-3-4-8-22(21)34-23)17-24(30)27-11-13-29(14-12-27)35(32,33)20-10-9-18-5-1-2-6-19(18)15-20/h1-10,15,23H,11-14,16-17H2,(H2,26,31). The van der Waals surface area contributed by atoms with Crippen LogP contribution >= 0.6 is 0 Å². The van der Waals surface area contributed by atoms with Gasteiger partial charge in [-0.05, 0) is 35.0 Å². The Morgan fingerprint density at radius 3 is 2.34 bits per heavy atom. The Bertz CT molecular complexity index is 1390. The van der Waals surface area contributed by atoms with Crippen molar-refractivity contribution < 1.29 is 22.7 Å². The van der Waals surface area contributed by atoms with Crippen LogP contribution in [0.4, 0.5) is 5.69 Å². The molecule has 0 bridgehead atoms. The Labute approximate surface area is 203 Å². The molecule has 0 saturated carbocycles. The lowest BCUT2D eigenvalue weighted by atomic mass is 10.1. The summed E-state index contributed by atoms with van der Waals surface area (Å²) in [7, 11) is -3.67. The van der Waals surface area contributed by atoms with E-state index in [2.05, 4.69) is 0 Å². The zero-order valence-electron chi connectivity index (χ0n) is 19.0. The van der Waals surface area contributed by atoms with Crippen molar-refractivity contribution in [2.75, 3.05) is 44.2 Å². The summed E-state index contributed by atoms with van der Waals surface area (Å²) in [5, 5.41) is 1.84. The summed E-state index contributed by atoms with van der Waals surface area (Å²) in [5.41, 5.74) is 6.16. The van der Waals surface area contributed by atoms with E-state index in [1.54, 1.807) is 34.1 Å². The molecular formula is C25H26N4O5S. The summed E-state index contributed by atoms with van der Waals surface area (Å²) in [6.07, 6.45) is -0.846. The third kappa shape index (κ3) is 4.54. The van der Waals surface area contributed by atoms with Gasteiger partial charge in [0.05, 0.1) is 23.7 Å². The van der Waals surface area contributed by atoms with Crippen molar-refractivity contribution in [1.29, 1.82) is 0 Å². The van der Waals surface area contributed by atoms with Gasteiger partial charge in [0.2, 0.25) is 15.9 Å². The quantitative estimate of drug-likeness (QED) is 0.574. The van der Waals surface area contributed by atoms with E-state index in [1.807, 2.05) is 42.5 Å². The van der Waals surface area contributed by atoms with Crippen molar-refractivity contribution in [2.45, 2.75) is 11.0 Å². The molecule has 2 aliphatic heterocycles. The molecule has 3 aromatic rings. The average Bonchev–Trinajstić information content (AvgIpc) is 2.88. The van der Waals surface area contributed by atoms with Crippen molar-refractivity contribution in [3.8, 4) is 5.75 Å². The molecule has 35 heavy (non-hydrogen) atoms. The van der Waals surface area contributed by atoms with E-state index in [0.717, 1.165) is 16.5 Å². The van der Waals surface area contributed by atoms with Crippen LogP contribution in [0.2, 0.25) is 0 Å². The Morgan fingerprint density at radius 1 is 0.914 bits per heavy atom. The van der Waals surface area contributed by atoms with E-state index in [-0.39, 0.29) is 50.1 Å². The summed E-state index contributed by atoms with van der Waals surface area (Å²) in [6, 6.07) is 19.9. The van der Waals surface area contributed by atoms with Gasteiger partial charge in [-0.3, -0.25) is 9.59 Å². The lowest BCUT2D eigenvalue weighted by Gasteiger charge is -2.38. The van der Waals surface area contributed by atoms with Gasteiger partial charge in [-0.25, -0.2) is 8.42 Å². The van der Waals surface area contributed by atoms with Crippen LogP contribution in [0.1, 0.15) is 0 Å². The number of para-hydroxylation sites is 2. The lowest BCUT2D eigenvalue weighted by molar-refractivity contribution is -0.131. The number of amides is 2. The number of sulfonamides is 1. The number of hydrogen-bond acceptors (Lipinski definition) is 6. The number of piperazine rings is 1. The highest BCUT2D eigenvalue weighted by atomic mass is 32.2. The van der Waals surface area contributed by atoms with Gasteiger partial charge in [0.25, 0.3) is 5.91 Å². The molecule has 1 unspecified atom stereocenters. The normalized spacial score (nSPS) is 18.7. The second-order valence-electron chi connectivity index (χ2n) is 8.65. The van der Waals surface area contributed by atoms with Crippen molar-refractivity contribution >= 4 is 38.3 Å². The molecule has 1 saturated heterocycles. The zero-order chi connectivity index (χ0) is 24.6. The predicted octanol–water partition coefficient (Wildman–Crippen LogP) is 1.43. The second-order valence-corrected chi connectivity index (χ2v) is 10.6. The molecule has 0 aromatic heterocycles. The van der Waals surface area contributed by atoms with Gasteiger partial charge in [-0.15, -0.1) is 0 Å². The predicted molar refractivity (Wildman–Crippen MR) is 132 cm³/mol. The van der Waals surface area contributed by atoms with Crippen LogP contribution in [-0.2, 0) is 19.6 Å². The number of anilines is 1. The highest BCUT2D eigenvalue weighted by molar-refractivity contribution is 7.89. The van der Waals surface area contributed by atoms with Crippen LogP contribution < -0.4 is 15.4 Å². The number of hydrogen-bond donors (Lipinski definition) is 1. The topological polar surface area (TPSA) is 113 Å². The van der Waals surface area contributed by atoms with Gasteiger partial charge in [0.1, 0.15) is 5.75 Å². The number of carbonyl (C=O) groups is 2. The summed E-state index contributed by atoms with van der Waals surface area (Å²) in [4.78, 5) is 28.5. The fourth-order valence-corrected chi connectivity index (χ4v) is 5.98. The fraction of sp³-hybridized carbons (Fsp3) is 0.280. The molecule has 9 nitrogen and oxygen atoms in total. The van der Waals surface area contributed by atoms with Crippen molar-refractivity contribution in [3.63, 3.8) is 0 Å². The largest absolute Gasteiger partial charge is 0.477 e. The molecule has 2 amide bonds. The van der Waals surface area contributed by atoms with Crippen molar-refractivity contribution in [1.82, 2.24) is 9.21 Å². The SMILES string of the molecule is NC(=O)C1CN(CC(=O)N2CCN(S(=O)(=O)c3ccc4ccccc4c3)CC2)c2ccccc2O1. The van der Waals surface area contributed by atoms with Gasteiger partial charge in [0, 0.05) is 26.2 Å². The van der Waals surface area contributed by atoms with Crippen LogP contribution in [0.5, 0.6) is 5.75 Å². The van der Waals surface area contributed by atoms with Crippen LogP contribution in [0, 0.1) is 0 Å². The first-order valence-corrected chi connectivity index (χ1v) is 12.8. The van der Waals surface area contributed by atoms with Gasteiger partial charge in [-0.1, -0.05) is 42.5 Å². The first-order valence-electron chi connectivity index (χ1n) is 11.4. The maximum Gasteiger partial charge on any atom is 0.260 e. The van der Waals surface area contributed by atoms with E-state index in [9.17, 15) is 18.0 Å². The van der Waals surface area contributed by atoms with E-state index in [4.69, 9.17) is 10.5 Å². The molecule has 2 aliphatic rings. The zero-order valence-corrected chi connectivity index (χ0v) is 19.9. The smallest absolute Gasteiger partial charge is 0.260 e. The Balaban J connectivity index is 1.25. The number of fused-ring (bicyclic) bond motifs is 2. The highest BCUT2D eigenvalue weighted by Crippen LogP contribution is 2.33. The molecule has 0 aliphatic carbocycles. The fourth-order valence-electron chi connectivity index (χ4n) is 4.52. The number of nitrogens with zero attached hydrogens (tertiary/aromatic N) is 3. The van der Waals surface area contributed by atoms with Gasteiger partial charge < -0.3 is 20.3 Å². The summed E-state index contributed by atoms with van der Waals surface area (Å²) < 4.78 is 33.5. The number of primary amides is 1. The molecule has 5 rings (SSSR count).